The molecule has 0 aliphatic heterocycles. The van der Waals surface area contributed by atoms with Crippen LogP contribution in [0, 0.1) is 17.8 Å². The third-order valence-corrected chi connectivity index (χ3v) is 4.61. The van der Waals surface area contributed by atoms with Crippen LogP contribution in [-0.2, 0) is 15.9 Å². The Balaban J connectivity index is 2.67. The van der Waals surface area contributed by atoms with Gasteiger partial charge in [-0.25, -0.2) is 0 Å². The molecule has 1 aromatic rings. The van der Waals surface area contributed by atoms with Crippen LogP contribution in [0.2, 0.25) is 0 Å². The molecule has 2 atom stereocenters. The van der Waals surface area contributed by atoms with E-state index in [-0.39, 0.29) is 0 Å². The zero-order chi connectivity index (χ0) is 20.6. The first-order chi connectivity index (χ1) is 12.5. The number of carboxylic acid groups (broad SMARTS) is 1. The molecule has 0 aromatic heterocycles. The van der Waals surface area contributed by atoms with Crippen molar-refractivity contribution in [2.45, 2.75) is 26.1 Å². The molecule has 27 heavy (non-hydrogen) atoms. The van der Waals surface area contributed by atoms with Gasteiger partial charge in [-0.2, -0.15) is 0 Å². The largest absolute Gasteiger partial charge is 0.595 e. The van der Waals surface area contributed by atoms with Gasteiger partial charge in [0.1, 0.15) is 13.1 Å². The molecule has 0 aliphatic carbocycles. The number of quaternary nitrogens is 1. The Hall–Kier alpha value is -2.26. The lowest BCUT2D eigenvalue weighted by atomic mass is 10.1. The van der Waals surface area contributed by atoms with Crippen LogP contribution < -0.4 is 15.3 Å². The number of rotatable bonds is 8. The van der Waals surface area contributed by atoms with Gasteiger partial charge in [-0.3, -0.25) is 4.79 Å². The van der Waals surface area contributed by atoms with E-state index in [1.807, 2.05) is 26.0 Å². The molecule has 0 bridgehead atoms. The lowest BCUT2D eigenvalue weighted by molar-refractivity contribution is -0.896. The molecule has 0 aliphatic rings. The van der Waals surface area contributed by atoms with Crippen molar-refractivity contribution in [3.05, 3.63) is 35.4 Å². The maximum atomic E-state index is 12.1. The highest BCUT2D eigenvalue weighted by Crippen LogP contribution is 2.16. The first kappa shape index (κ1) is 22.8. The van der Waals surface area contributed by atoms with Gasteiger partial charge in [-0.15, -0.1) is 0 Å². The summed E-state index contributed by atoms with van der Waals surface area (Å²) < 4.78 is 11.5. The molecule has 0 saturated carbocycles. The number of benzene rings is 1. The third kappa shape index (κ3) is 8.31. The second-order valence-corrected chi connectivity index (χ2v) is 8.45. The minimum Gasteiger partial charge on any atom is -0.595 e. The molecule has 1 amide bonds. The summed E-state index contributed by atoms with van der Waals surface area (Å²) in [5, 5.41) is 13.0. The summed E-state index contributed by atoms with van der Waals surface area (Å²) in [5.74, 6) is 4.38. The molecular weight excluding hydrogens is 367 g/mol. The van der Waals surface area contributed by atoms with Gasteiger partial charge in [0.2, 0.25) is 5.66 Å². The molecule has 0 radical (unpaired) electrons. The Bertz CT molecular complexity index is 734. The number of nitrogens with one attached hydrogen (secondary N) is 1. The van der Waals surface area contributed by atoms with E-state index in [9.17, 15) is 24.2 Å². The molecule has 0 saturated heterocycles. The van der Waals surface area contributed by atoms with Gasteiger partial charge in [0.15, 0.2) is 0 Å². The summed E-state index contributed by atoms with van der Waals surface area (Å²) in [5.41, 5.74) is -0.395. The summed E-state index contributed by atoms with van der Waals surface area (Å²) in [6.45, 7) is 5.00. The lowest BCUT2D eigenvalue weighted by Gasteiger charge is -2.27. The third-order valence-electron chi connectivity index (χ3n) is 3.71. The van der Waals surface area contributed by atoms with Crippen molar-refractivity contribution in [1.29, 1.82) is 0 Å². The van der Waals surface area contributed by atoms with Crippen molar-refractivity contribution in [1.82, 2.24) is 5.32 Å². The van der Waals surface area contributed by atoms with Gasteiger partial charge in [0.25, 0.3) is 5.91 Å². The summed E-state index contributed by atoms with van der Waals surface area (Å²) in [6, 6.07) is 6.87. The molecule has 0 fully saturated rings. The van der Waals surface area contributed by atoms with Crippen molar-refractivity contribution in [2.24, 2.45) is 5.92 Å². The normalized spacial score (nSPS) is 12.7. The molecule has 1 N–H and O–H groups in total. The molecule has 8 heteroatoms. The second kappa shape index (κ2) is 10.2. The fourth-order valence-electron chi connectivity index (χ4n) is 2.31. The zero-order valence-electron chi connectivity index (χ0n) is 16.0. The second-order valence-electron chi connectivity index (χ2n) is 7.25. The fraction of sp³-hybridized carbons (Fsp3) is 0.474. The van der Waals surface area contributed by atoms with E-state index >= 15 is 0 Å². The number of carbonyl (C=O) groups is 2. The molecule has 7 nitrogen and oxygen atoms in total. The standard InChI is InChI=1S/C19H25N2O5P/c1-14(2)6-5-11-21(3,4)13-15-7-9-16(10-8-15)18(22)20-12-17(19(23)24)27(25)26/h7-10,14,17H,11-13H2,1-4H3,(H-,20,22,23,24). The average Bonchev–Trinajstić information content (AvgIpc) is 2.53. The topological polar surface area (TPSA) is 109 Å². The first-order valence-corrected chi connectivity index (χ1v) is 9.78. The highest BCUT2D eigenvalue weighted by atomic mass is 31.1. The number of hydrogen-bond acceptors (Lipinski definition) is 5. The van der Waals surface area contributed by atoms with Crippen LogP contribution >= 0.6 is 8.03 Å². The maximum absolute atomic E-state index is 12.1. The van der Waals surface area contributed by atoms with Crippen LogP contribution in [0.5, 0.6) is 0 Å². The number of carbonyl (C=O) groups excluding carboxylic acids is 2. The predicted octanol–water partition coefficient (Wildman–Crippen LogP) is -0.127. The molecule has 1 rings (SSSR count). The fourth-order valence-corrected chi connectivity index (χ4v) is 2.72. The summed E-state index contributed by atoms with van der Waals surface area (Å²) in [4.78, 5) is 33.6. The minimum absolute atomic E-state index is 0.321. The van der Waals surface area contributed by atoms with E-state index < -0.39 is 32.1 Å². The van der Waals surface area contributed by atoms with Crippen molar-refractivity contribution >= 4 is 19.9 Å². The molecule has 0 spiro atoms. The van der Waals surface area contributed by atoms with Gasteiger partial charge < -0.3 is 24.6 Å². The Kier molecular flexibility index (Phi) is 8.58. The van der Waals surface area contributed by atoms with Crippen molar-refractivity contribution in [3.63, 3.8) is 0 Å². The Labute approximate surface area is 160 Å². The van der Waals surface area contributed by atoms with Crippen LogP contribution in [0.15, 0.2) is 24.3 Å². The van der Waals surface area contributed by atoms with Crippen molar-refractivity contribution in [2.75, 3.05) is 27.2 Å². The van der Waals surface area contributed by atoms with Gasteiger partial charge >= 0.3 is 8.03 Å². The number of nitrogens with zero attached hydrogens (tertiary/aromatic N) is 1. The van der Waals surface area contributed by atoms with Crippen LogP contribution in [0.25, 0.3) is 0 Å². The molecule has 146 valence electrons. The van der Waals surface area contributed by atoms with Gasteiger partial charge in [0, 0.05) is 17.0 Å². The highest BCUT2D eigenvalue weighted by molar-refractivity contribution is 7.38. The van der Waals surface area contributed by atoms with Gasteiger partial charge in [-0.1, -0.05) is 36.5 Å². The average molecular weight is 392 g/mol. The maximum Gasteiger partial charge on any atom is 0.320 e. The zero-order valence-corrected chi connectivity index (χ0v) is 16.9. The van der Waals surface area contributed by atoms with E-state index in [0.717, 1.165) is 12.1 Å². The van der Waals surface area contributed by atoms with Gasteiger partial charge in [0.05, 0.1) is 26.6 Å². The number of amides is 1. The highest BCUT2D eigenvalue weighted by Gasteiger charge is 2.24. The summed E-state index contributed by atoms with van der Waals surface area (Å²) in [7, 11) is 0.915. The van der Waals surface area contributed by atoms with E-state index in [4.69, 9.17) is 0 Å². The van der Waals surface area contributed by atoms with E-state index in [0.29, 0.717) is 22.5 Å². The van der Waals surface area contributed by atoms with Crippen molar-refractivity contribution in [3.8, 4) is 11.8 Å². The Morgan fingerprint density at radius 3 is 2.30 bits per heavy atom. The van der Waals surface area contributed by atoms with Crippen molar-refractivity contribution < 1.29 is 28.6 Å². The SMILES string of the molecule is CC(C)C#CC[N+](C)(C)Cc1ccc(C(=O)NCC(C(=O)[O-])[P+](=O)[O-])cc1. The van der Waals surface area contributed by atoms with E-state index in [2.05, 4.69) is 31.3 Å². The van der Waals surface area contributed by atoms with E-state index in [1.165, 1.54) is 0 Å². The van der Waals surface area contributed by atoms with Crippen LogP contribution in [0.1, 0.15) is 29.8 Å². The molecule has 1 aromatic carbocycles. The van der Waals surface area contributed by atoms with Crippen LogP contribution in [-0.4, -0.2) is 49.2 Å². The molecule has 2 unspecified atom stereocenters. The quantitative estimate of drug-likeness (QED) is 0.377. The summed E-state index contributed by atoms with van der Waals surface area (Å²) in [6.07, 6.45) is 0. The molecular formula is C19H25N2O5P. The summed E-state index contributed by atoms with van der Waals surface area (Å²) >= 11 is 0. The molecule has 0 heterocycles. The Morgan fingerprint density at radius 1 is 1.22 bits per heavy atom. The smallest absolute Gasteiger partial charge is 0.320 e. The minimum atomic E-state index is -3.22. The number of hydrogen-bond donors (Lipinski definition) is 1. The van der Waals surface area contributed by atoms with E-state index in [1.54, 1.807) is 12.1 Å². The van der Waals surface area contributed by atoms with Gasteiger partial charge in [-0.05, 0) is 18.1 Å². The lowest BCUT2D eigenvalue weighted by Crippen LogP contribution is -2.43. The predicted molar refractivity (Wildman–Crippen MR) is 98.5 cm³/mol. The monoisotopic (exact) mass is 392 g/mol. The van der Waals surface area contributed by atoms with Crippen LogP contribution in [0.4, 0.5) is 0 Å². The number of carboxylic acids is 1. The first-order valence-electron chi connectivity index (χ1n) is 8.53. The Morgan fingerprint density at radius 2 is 1.81 bits per heavy atom. The van der Waals surface area contributed by atoms with Crippen LogP contribution in [0.3, 0.4) is 0 Å². The number of aliphatic carboxylic acids is 1.